The number of hydrogen-bond acceptors (Lipinski definition) is 6. The highest BCUT2D eigenvalue weighted by Gasteiger charge is 2.24. The monoisotopic (exact) mass is 483 g/mol. The maximum Gasteiger partial charge on any atom is 0.342 e. The maximum absolute atomic E-state index is 13.9. The van der Waals surface area contributed by atoms with Gasteiger partial charge in [0, 0.05) is 45.3 Å². The number of halogens is 2. The number of benzene rings is 1. The van der Waals surface area contributed by atoms with Crippen molar-refractivity contribution in [3.63, 3.8) is 0 Å². The number of anilines is 1. The number of carbonyl (C=O) groups is 1. The molecule has 2 aliphatic rings. The SMILES string of the molecule is CC(C)OC(=O)c1cccnc1N1CCN(Cc2cccc(OCC3=C(F)CCC=C3F)c2)CC1. The molecule has 1 aromatic heterocycles. The summed E-state index contributed by atoms with van der Waals surface area (Å²) in [4.78, 5) is 21.4. The van der Waals surface area contributed by atoms with Crippen LogP contribution < -0.4 is 9.64 Å². The lowest BCUT2D eigenvalue weighted by Crippen LogP contribution is -2.46. The number of rotatable bonds is 8. The van der Waals surface area contributed by atoms with E-state index >= 15 is 0 Å². The van der Waals surface area contributed by atoms with Crippen molar-refractivity contribution < 1.29 is 23.0 Å². The van der Waals surface area contributed by atoms with Crippen LogP contribution in [-0.2, 0) is 11.3 Å². The molecule has 6 nitrogen and oxygen atoms in total. The third-order valence-electron chi connectivity index (χ3n) is 6.01. The first-order valence-electron chi connectivity index (χ1n) is 12.0. The van der Waals surface area contributed by atoms with Crippen molar-refractivity contribution >= 4 is 11.8 Å². The highest BCUT2D eigenvalue weighted by Crippen LogP contribution is 2.28. The van der Waals surface area contributed by atoms with Crippen LogP contribution in [0.15, 0.2) is 65.9 Å². The van der Waals surface area contributed by atoms with E-state index in [1.165, 1.54) is 6.08 Å². The zero-order chi connectivity index (χ0) is 24.8. The summed E-state index contributed by atoms with van der Waals surface area (Å²) >= 11 is 0. The summed E-state index contributed by atoms with van der Waals surface area (Å²) in [7, 11) is 0. The van der Waals surface area contributed by atoms with E-state index < -0.39 is 11.7 Å². The second-order valence-electron chi connectivity index (χ2n) is 9.00. The summed E-state index contributed by atoms with van der Waals surface area (Å²) in [5.41, 5.74) is 1.54. The fourth-order valence-electron chi connectivity index (χ4n) is 4.23. The Hall–Kier alpha value is -3.26. The molecule has 8 heteroatoms. The molecule has 1 saturated heterocycles. The molecule has 0 atom stereocenters. The fourth-order valence-corrected chi connectivity index (χ4v) is 4.23. The number of pyridine rings is 1. The minimum atomic E-state index is -0.531. The third kappa shape index (κ3) is 6.45. The first-order valence-corrected chi connectivity index (χ1v) is 12.0. The summed E-state index contributed by atoms with van der Waals surface area (Å²) in [5.74, 6) is -0.0919. The number of piperazine rings is 1. The summed E-state index contributed by atoms with van der Waals surface area (Å²) in [6, 6.07) is 11.1. The molecule has 1 aliphatic carbocycles. The van der Waals surface area contributed by atoms with Gasteiger partial charge in [-0.25, -0.2) is 18.6 Å². The normalized spacial score (nSPS) is 16.9. The van der Waals surface area contributed by atoms with Crippen molar-refractivity contribution in [1.29, 1.82) is 0 Å². The van der Waals surface area contributed by atoms with E-state index in [-0.39, 0.29) is 30.7 Å². The van der Waals surface area contributed by atoms with Crippen molar-refractivity contribution in [1.82, 2.24) is 9.88 Å². The zero-order valence-corrected chi connectivity index (χ0v) is 20.2. The lowest BCUT2D eigenvalue weighted by molar-refractivity contribution is 0.0378. The Bertz CT molecular complexity index is 1110. The minimum Gasteiger partial charge on any atom is -0.489 e. The Morgan fingerprint density at radius 1 is 1.11 bits per heavy atom. The molecule has 0 saturated carbocycles. The molecule has 0 N–H and O–H groups in total. The third-order valence-corrected chi connectivity index (χ3v) is 6.01. The molecule has 0 amide bonds. The molecule has 0 bridgehead atoms. The van der Waals surface area contributed by atoms with Gasteiger partial charge in [-0.15, -0.1) is 0 Å². The van der Waals surface area contributed by atoms with E-state index in [9.17, 15) is 13.6 Å². The van der Waals surface area contributed by atoms with Gasteiger partial charge in [-0.1, -0.05) is 12.1 Å². The second-order valence-corrected chi connectivity index (χ2v) is 9.00. The lowest BCUT2D eigenvalue weighted by atomic mass is 10.1. The molecule has 0 spiro atoms. The number of nitrogens with zero attached hydrogens (tertiary/aromatic N) is 3. The zero-order valence-electron chi connectivity index (χ0n) is 20.2. The van der Waals surface area contributed by atoms with E-state index in [1.54, 1.807) is 24.4 Å². The number of hydrogen-bond donors (Lipinski definition) is 0. The van der Waals surface area contributed by atoms with Crippen molar-refractivity contribution in [2.75, 3.05) is 37.7 Å². The average Bonchev–Trinajstić information content (AvgIpc) is 2.84. The number of esters is 1. The first kappa shape index (κ1) is 24.9. The summed E-state index contributed by atoms with van der Waals surface area (Å²) in [6.07, 6.45) is 3.50. The molecular formula is C27H31F2N3O3. The lowest BCUT2D eigenvalue weighted by Gasteiger charge is -2.36. The molecule has 1 aromatic carbocycles. The molecule has 1 fully saturated rings. The molecule has 35 heavy (non-hydrogen) atoms. The Morgan fingerprint density at radius 2 is 1.91 bits per heavy atom. The topological polar surface area (TPSA) is 54.9 Å². The molecule has 1 aliphatic heterocycles. The van der Waals surface area contributed by atoms with Crippen LogP contribution in [0.5, 0.6) is 5.75 Å². The molecule has 0 unspecified atom stereocenters. The van der Waals surface area contributed by atoms with Crippen LogP contribution in [0.2, 0.25) is 0 Å². The predicted molar refractivity (Wildman–Crippen MR) is 131 cm³/mol. The highest BCUT2D eigenvalue weighted by molar-refractivity contribution is 5.94. The summed E-state index contributed by atoms with van der Waals surface area (Å²) in [6.45, 7) is 7.31. The van der Waals surface area contributed by atoms with Crippen molar-refractivity contribution in [2.24, 2.45) is 0 Å². The number of ether oxygens (including phenoxy) is 2. The first-order chi connectivity index (χ1) is 16.9. The van der Waals surface area contributed by atoms with Crippen molar-refractivity contribution in [2.45, 2.75) is 39.3 Å². The van der Waals surface area contributed by atoms with Crippen LogP contribution >= 0.6 is 0 Å². The summed E-state index contributed by atoms with van der Waals surface area (Å²) < 4.78 is 38.9. The maximum atomic E-state index is 13.9. The van der Waals surface area contributed by atoms with Crippen LogP contribution in [0, 0.1) is 0 Å². The van der Waals surface area contributed by atoms with Crippen LogP contribution in [0.25, 0.3) is 0 Å². The summed E-state index contributed by atoms with van der Waals surface area (Å²) in [5, 5.41) is 0. The van der Waals surface area contributed by atoms with Crippen molar-refractivity contribution in [3.05, 3.63) is 77.0 Å². The highest BCUT2D eigenvalue weighted by atomic mass is 19.1. The Kier molecular flexibility index (Phi) is 8.13. The van der Waals surface area contributed by atoms with Gasteiger partial charge < -0.3 is 14.4 Å². The molecule has 4 rings (SSSR count). The average molecular weight is 484 g/mol. The standard InChI is InChI=1S/C27H31F2N3O3/c1-19(2)35-27(33)22-8-5-11-30-26(22)32-14-12-31(13-15-32)17-20-6-3-7-21(16-20)34-18-23-24(28)9-4-10-25(23)29/h3,5-9,11,16,19H,4,10,12-15,17-18H2,1-2H3. The predicted octanol–water partition coefficient (Wildman–Crippen LogP) is 5.22. The second kappa shape index (κ2) is 11.4. The fraction of sp³-hybridized carbons (Fsp3) is 0.407. The molecule has 0 radical (unpaired) electrons. The van der Waals surface area contributed by atoms with Gasteiger partial charge in [0.15, 0.2) is 0 Å². The Morgan fingerprint density at radius 3 is 2.66 bits per heavy atom. The van der Waals surface area contributed by atoms with Gasteiger partial charge in [-0.05, 0) is 56.2 Å². The van der Waals surface area contributed by atoms with E-state index in [0.29, 0.717) is 23.6 Å². The van der Waals surface area contributed by atoms with Gasteiger partial charge in [0.2, 0.25) is 0 Å². The molecule has 186 valence electrons. The smallest absolute Gasteiger partial charge is 0.342 e. The van der Waals surface area contributed by atoms with Gasteiger partial charge in [0.1, 0.15) is 35.4 Å². The van der Waals surface area contributed by atoms with Gasteiger partial charge in [0.25, 0.3) is 0 Å². The molecular weight excluding hydrogens is 452 g/mol. The molecule has 2 heterocycles. The quantitative estimate of drug-likeness (QED) is 0.480. The Balaban J connectivity index is 1.33. The number of carbonyl (C=O) groups excluding carboxylic acids is 1. The van der Waals surface area contributed by atoms with Gasteiger partial charge in [0.05, 0.1) is 11.7 Å². The van der Waals surface area contributed by atoms with Gasteiger partial charge in [-0.3, -0.25) is 4.90 Å². The number of aromatic nitrogens is 1. The van der Waals surface area contributed by atoms with Gasteiger partial charge >= 0.3 is 5.97 Å². The van der Waals surface area contributed by atoms with Crippen LogP contribution in [0.4, 0.5) is 14.6 Å². The van der Waals surface area contributed by atoms with Crippen molar-refractivity contribution in [3.8, 4) is 5.75 Å². The van der Waals surface area contributed by atoms with Crippen LogP contribution in [0.1, 0.15) is 42.6 Å². The van der Waals surface area contributed by atoms with Gasteiger partial charge in [-0.2, -0.15) is 0 Å². The minimum absolute atomic E-state index is 0.00365. The Labute approximate surface area is 204 Å². The molecule has 2 aromatic rings. The van der Waals surface area contributed by atoms with Crippen LogP contribution in [0.3, 0.4) is 0 Å². The number of allylic oxidation sites excluding steroid dienone is 2. The van der Waals surface area contributed by atoms with Crippen LogP contribution in [-0.4, -0.2) is 54.7 Å². The van der Waals surface area contributed by atoms with E-state index in [1.807, 2.05) is 32.0 Å². The van der Waals surface area contributed by atoms with E-state index in [4.69, 9.17) is 9.47 Å². The largest absolute Gasteiger partial charge is 0.489 e. The van der Waals surface area contributed by atoms with E-state index in [2.05, 4.69) is 14.8 Å². The van der Waals surface area contributed by atoms with E-state index in [0.717, 1.165) is 38.3 Å².